The van der Waals surface area contributed by atoms with Crippen LogP contribution in [-0.2, 0) is 11.2 Å². The van der Waals surface area contributed by atoms with Crippen LogP contribution in [0, 0.1) is 0 Å². The third-order valence-electron chi connectivity index (χ3n) is 3.36. The number of aromatic nitrogens is 2. The van der Waals surface area contributed by atoms with E-state index in [2.05, 4.69) is 20.6 Å². The summed E-state index contributed by atoms with van der Waals surface area (Å²) in [5, 5.41) is 7.08. The summed E-state index contributed by atoms with van der Waals surface area (Å²) in [4.78, 5) is 20.8. The molecule has 2 aromatic rings. The molecular weight excluding hydrogens is 240 g/mol. The number of hydrogen-bond acceptors (Lipinski definition) is 4. The second-order valence-corrected chi connectivity index (χ2v) is 4.62. The van der Waals surface area contributed by atoms with Crippen molar-refractivity contribution in [3.63, 3.8) is 0 Å². The quantitative estimate of drug-likeness (QED) is 0.839. The number of pyridine rings is 2. The highest BCUT2D eigenvalue weighted by Gasteiger charge is 2.26. The van der Waals surface area contributed by atoms with E-state index in [4.69, 9.17) is 0 Å². The smallest absolute Gasteiger partial charge is 0.241 e. The monoisotopic (exact) mass is 256 g/mol. The maximum atomic E-state index is 12.1. The molecule has 5 nitrogen and oxygen atoms in total. The molecule has 3 rings (SSSR count). The Hall–Kier alpha value is -2.01. The summed E-state index contributed by atoms with van der Waals surface area (Å²) in [6, 6.07) is 3.62. The summed E-state index contributed by atoms with van der Waals surface area (Å²) in [6.07, 6.45) is 4.37. The van der Waals surface area contributed by atoms with E-state index in [9.17, 15) is 4.79 Å². The molecule has 3 heterocycles. The van der Waals surface area contributed by atoms with Gasteiger partial charge in [0.25, 0.3) is 0 Å². The normalized spacial score (nSPS) is 18.1. The molecule has 2 N–H and O–H groups in total. The number of nitrogens with one attached hydrogen (secondary N) is 2. The zero-order valence-corrected chi connectivity index (χ0v) is 10.8. The lowest BCUT2D eigenvalue weighted by atomic mass is 9.97. The van der Waals surface area contributed by atoms with E-state index >= 15 is 0 Å². The predicted molar refractivity (Wildman–Crippen MR) is 72.7 cm³/mol. The standard InChI is InChI=1S/C14H16N4O/c1-2-16-14(19)13-10-7-9-8-15-5-3-11(9)18-12(10)4-6-17-13/h3,5,7-8,13,17H,2,4,6H2,1H3,(H,16,19). The molecule has 1 aliphatic heterocycles. The van der Waals surface area contributed by atoms with Gasteiger partial charge in [0.2, 0.25) is 5.91 Å². The average molecular weight is 256 g/mol. The summed E-state index contributed by atoms with van der Waals surface area (Å²) in [5.41, 5.74) is 2.91. The molecule has 0 fully saturated rings. The van der Waals surface area contributed by atoms with Crippen LogP contribution in [0.2, 0.25) is 0 Å². The van der Waals surface area contributed by atoms with Crippen LogP contribution in [-0.4, -0.2) is 29.0 Å². The fraction of sp³-hybridized carbons (Fsp3) is 0.357. The maximum absolute atomic E-state index is 12.1. The van der Waals surface area contributed by atoms with Gasteiger partial charge in [-0.1, -0.05) is 0 Å². The van der Waals surface area contributed by atoms with Crippen molar-refractivity contribution in [1.82, 2.24) is 20.6 Å². The number of carbonyl (C=O) groups excluding carboxylic acids is 1. The molecular formula is C14H16N4O. The first-order valence-corrected chi connectivity index (χ1v) is 6.54. The van der Waals surface area contributed by atoms with Crippen molar-refractivity contribution >= 4 is 16.8 Å². The van der Waals surface area contributed by atoms with Crippen LogP contribution < -0.4 is 10.6 Å². The van der Waals surface area contributed by atoms with Gasteiger partial charge < -0.3 is 10.6 Å². The number of fused-ring (bicyclic) bond motifs is 2. The Morgan fingerprint density at radius 2 is 2.47 bits per heavy atom. The molecule has 0 aliphatic carbocycles. The lowest BCUT2D eigenvalue weighted by molar-refractivity contribution is -0.123. The van der Waals surface area contributed by atoms with E-state index in [-0.39, 0.29) is 11.9 Å². The minimum Gasteiger partial charge on any atom is -0.355 e. The molecule has 5 heteroatoms. The molecule has 98 valence electrons. The molecule has 1 atom stereocenters. The van der Waals surface area contributed by atoms with Crippen LogP contribution in [0.3, 0.4) is 0 Å². The number of rotatable bonds is 2. The van der Waals surface area contributed by atoms with Gasteiger partial charge in [0, 0.05) is 48.5 Å². The fourth-order valence-electron chi connectivity index (χ4n) is 2.48. The summed E-state index contributed by atoms with van der Waals surface area (Å²) >= 11 is 0. The Morgan fingerprint density at radius 3 is 3.32 bits per heavy atom. The Balaban J connectivity index is 2.08. The topological polar surface area (TPSA) is 66.9 Å². The molecule has 1 unspecified atom stereocenters. The number of nitrogens with zero attached hydrogens (tertiary/aromatic N) is 2. The first-order chi connectivity index (χ1) is 9.29. The Labute approximate surface area is 111 Å². The summed E-state index contributed by atoms with van der Waals surface area (Å²) < 4.78 is 0. The molecule has 0 aromatic carbocycles. The zero-order valence-electron chi connectivity index (χ0n) is 10.8. The van der Waals surface area contributed by atoms with Crippen molar-refractivity contribution in [1.29, 1.82) is 0 Å². The number of likely N-dealkylation sites (N-methyl/N-ethyl adjacent to an activating group) is 1. The third-order valence-corrected chi connectivity index (χ3v) is 3.36. The second kappa shape index (κ2) is 4.93. The van der Waals surface area contributed by atoms with Gasteiger partial charge in [0.05, 0.1) is 5.52 Å². The van der Waals surface area contributed by atoms with Crippen LogP contribution in [0.15, 0.2) is 24.5 Å². The van der Waals surface area contributed by atoms with E-state index in [0.717, 1.165) is 35.1 Å². The van der Waals surface area contributed by atoms with Crippen LogP contribution in [0.5, 0.6) is 0 Å². The van der Waals surface area contributed by atoms with Crippen molar-refractivity contribution in [3.8, 4) is 0 Å². The molecule has 0 bridgehead atoms. The minimum atomic E-state index is -0.305. The van der Waals surface area contributed by atoms with Crippen LogP contribution in [0.25, 0.3) is 10.9 Å². The Kier molecular flexibility index (Phi) is 3.13. The molecule has 0 spiro atoms. The van der Waals surface area contributed by atoms with E-state index in [1.807, 2.05) is 19.1 Å². The van der Waals surface area contributed by atoms with Gasteiger partial charge in [0.1, 0.15) is 6.04 Å². The largest absolute Gasteiger partial charge is 0.355 e. The molecule has 1 aliphatic rings. The average Bonchev–Trinajstić information content (AvgIpc) is 2.44. The van der Waals surface area contributed by atoms with E-state index < -0.39 is 0 Å². The maximum Gasteiger partial charge on any atom is 0.241 e. The Bertz CT molecular complexity index is 626. The Morgan fingerprint density at radius 1 is 1.58 bits per heavy atom. The summed E-state index contributed by atoms with van der Waals surface area (Å²) in [7, 11) is 0. The van der Waals surface area contributed by atoms with Crippen molar-refractivity contribution < 1.29 is 4.79 Å². The van der Waals surface area contributed by atoms with Crippen molar-refractivity contribution in [2.75, 3.05) is 13.1 Å². The van der Waals surface area contributed by atoms with Gasteiger partial charge in [0.15, 0.2) is 0 Å². The molecule has 19 heavy (non-hydrogen) atoms. The summed E-state index contributed by atoms with van der Waals surface area (Å²) in [6.45, 7) is 3.33. The fourth-order valence-corrected chi connectivity index (χ4v) is 2.48. The lowest BCUT2D eigenvalue weighted by Gasteiger charge is -2.25. The van der Waals surface area contributed by atoms with Gasteiger partial charge in [-0.3, -0.25) is 14.8 Å². The molecule has 2 aromatic heterocycles. The molecule has 0 saturated heterocycles. The lowest BCUT2D eigenvalue weighted by Crippen LogP contribution is -2.41. The first kappa shape index (κ1) is 12.0. The zero-order chi connectivity index (χ0) is 13.2. The third kappa shape index (κ3) is 2.17. The molecule has 0 radical (unpaired) electrons. The van der Waals surface area contributed by atoms with E-state index in [1.54, 1.807) is 12.4 Å². The molecule has 0 saturated carbocycles. The number of hydrogen-bond donors (Lipinski definition) is 2. The summed E-state index contributed by atoms with van der Waals surface area (Å²) in [5.74, 6) is 0.00786. The SMILES string of the molecule is CCNC(=O)C1NCCc2nc3ccncc3cc21. The number of amides is 1. The van der Waals surface area contributed by atoms with Crippen LogP contribution >= 0.6 is 0 Å². The molecule has 1 amide bonds. The second-order valence-electron chi connectivity index (χ2n) is 4.62. The van der Waals surface area contributed by atoms with Gasteiger partial charge in [-0.05, 0) is 19.1 Å². The van der Waals surface area contributed by atoms with Crippen LogP contribution in [0.1, 0.15) is 24.2 Å². The van der Waals surface area contributed by atoms with E-state index in [0.29, 0.717) is 6.54 Å². The highest BCUT2D eigenvalue weighted by molar-refractivity contribution is 5.86. The highest BCUT2D eigenvalue weighted by atomic mass is 16.2. The van der Waals surface area contributed by atoms with Gasteiger partial charge >= 0.3 is 0 Å². The van der Waals surface area contributed by atoms with Gasteiger partial charge in [-0.25, -0.2) is 0 Å². The van der Waals surface area contributed by atoms with Crippen LogP contribution in [0.4, 0.5) is 0 Å². The van der Waals surface area contributed by atoms with Crippen molar-refractivity contribution in [2.24, 2.45) is 0 Å². The minimum absolute atomic E-state index is 0.00786. The van der Waals surface area contributed by atoms with Crippen molar-refractivity contribution in [3.05, 3.63) is 35.8 Å². The predicted octanol–water partition coefficient (Wildman–Crippen LogP) is 0.953. The van der Waals surface area contributed by atoms with E-state index in [1.165, 1.54) is 0 Å². The van der Waals surface area contributed by atoms with Gasteiger partial charge in [-0.15, -0.1) is 0 Å². The van der Waals surface area contributed by atoms with Crippen molar-refractivity contribution in [2.45, 2.75) is 19.4 Å². The highest BCUT2D eigenvalue weighted by Crippen LogP contribution is 2.25. The number of carbonyl (C=O) groups is 1. The van der Waals surface area contributed by atoms with Gasteiger partial charge in [-0.2, -0.15) is 0 Å². The first-order valence-electron chi connectivity index (χ1n) is 6.54.